The normalized spacial score (nSPS) is 10.1. The Bertz CT molecular complexity index is 322. The number of rotatable bonds is 7. The van der Waals surface area contributed by atoms with Crippen molar-refractivity contribution < 1.29 is 4.92 Å². The van der Waals surface area contributed by atoms with Gasteiger partial charge in [-0.05, 0) is 18.6 Å². The molecule has 0 amide bonds. The van der Waals surface area contributed by atoms with Gasteiger partial charge >= 0.3 is 0 Å². The van der Waals surface area contributed by atoms with E-state index in [0.29, 0.717) is 0 Å². The summed E-state index contributed by atoms with van der Waals surface area (Å²) in [6.07, 6.45) is 4.88. The lowest BCUT2D eigenvalue weighted by atomic mass is 10.2. The van der Waals surface area contributed by atoms with Crippen LogP contribution >= 0.6 is 0 Å². The zero-order chi connectivity index (χ0) is 11.8. The molecule has 0 saturated heterocycles. The van der Waals surface area contributed by atoms with Crippen LogP contribution in [-0.2, 0) is 0 Å². The van der Waals surface area contributed by atoms with E-state index in [4.69, 9.17) is 0 Å². The minimum atomic E-state index is -0.384. The fourth-order valence-corrected chi connectivity index (χ4v) is 1.49. The Morgan fingerprint density at radius 3 is 2.44 bits per heavy atom. The summed E-state index contributed by atoms with van der Waals surface area (Å²) in [5.74, 6) is 0. The highest BCUT2D eigenvalue weighted by Gasteiger charge is 2.02. The minimum absolute atomic E-state index is 0.136. The van der Waals surface area contributed by atoms with Gasteiger partial charge in [-0.3, -0.25) is 10.1 Å². The standard InChI is InChI=1S/C12H18N2O2/c1-2-3-4-5-10-13-11-6-8-12(9-7-11)14(15)16/h6-9,13H,2-5,10H2,1H3. The average Bonchev–Trinajstić information content (AvgIpc) is 2.29. The van der Waals surface area contributed by atoms with Crippen molar-refractivity contribution in [2.75, 3.05) is 11.9 Å². The van der Waals surface area contributed by atoms with Gasteiger partial charge in [-0.1, -0.05) is 26.2 Å². The maximum absolute atomic E-state index is 10.4. The van der Waals surface area contributed by atoms with Crippen LogP contribution in [0.3, 0.4) is 0 Å². The summed E-state index contributed by atoms with van der Waals surface area (Å²) in [5.41, 5.74) is 1.08. The molecule has 1 N–H and O–H groups in total. The van der Waals surface area contributed by atoms with Crippen LogP contribution in [0.25, 0.3) is 0 Å². The second-order valence-electron chi connectivity index (χ2n) is 3.79. The smallest absolute Gasteiger partial charge is 0.269 e. The number of unbranched alkanes of at least 4 members (excludes halogenated alkanes) is 3. The lowest BCUT2D eigenvalue weighted by Gasteiger charge is -2.05. The molecule has 4 nitrogen and oxygen atoms in total. The number of anilines is 1. The second-order valence-corrected chi connectivity index (χ2v) is 3.79. The molecule has 0 fully saturated rings. The van der Waals surface area contributed by atoms with Crippen LogP contribution in [0.4, 0.5) is 11.4 Å². The molecule has 0 aliphatic carbocycles. The lowest BCUT2D eigenvalue weighted by molar-refractivity contribution is -0.384. The van der Waals surface area contributed by atoms with Gasteiger partial charge in [0.25, 0.3) is 5.69 Å². The zero-order valence-electron chi connectivity index (χ0n) is 9.61. The van der Waals surface area contributed by atoms with Gasteiger partial charge < -0.3 is 5.32 Å². The zero-order valence-corrected chi connectivity index (χ0v) is 9.61. The molecule has 0 saturated carbocycles. The Morgan fingerprint density at radius 1 is 1.19 bits per heavy atom. The Morgan fingerprint density at radius 2 is 1.88 bits per heavy atom. The molecule has 1 aromatic carbocycles. The van der Waals surface area contributed by atoms with E-state index < -0.39 is 0 Å². The predicted molar refractivity (Wildman–Crippen MR) is 65.7 cm³/mol. The third kappa shape index (κ3) is 4.29. The number of nitro groups is 1. The highest BCUT2D eigenvalue weighted by Crippen LogP contribution is 2.15. The van der Waals surface area contributed by atoms with Gasteiger partial charge in [-0.25, -0.2) is 0 Å². The van der Waals surface area contributed by atoms with E-state index in [1.165, 1.54) is 31.4 Å². The minimum Gasteiger partial charge on any atom is -0.385 e. The van der Waals surface area contributed by atoms with Crippen molar-refractivity contribution in [2.24, 2.45) is 0 Å². The van der Waals surface area contributed by atoms with Crippen molar-refractivity contribution in [2.45, 2.75) is 32.6 Å². The summed E-state index contributed by atoms with van der Waals surface area (Å²) in [4.78, 5) is 10.0. The van der Waals surface area contributed by atoms with E-state index >= 15 is 0 Å². The highest BCUT2D eigenvalue weighted by atomic mass is 16.6. The fraction of sp³-hybridized carbons (Fsp3) is 0.500. The summed E-state index contributed by atoms with van der Waals surface area (Å²) in [6, 6.07) is 6.54. The molecule has 0 radical (unpaired) electrons. The van der Waals surface area contributed by atoms with Crippen LogP contribution < -0.4 is 5.32 Å². The van der Waals surface area contributed by atoms with Crippen molar-refractivity contribution in [1.82, 2.24) is 0 Å². The summed E-state index contributed by atoms with van der Waals surface area (Å²) in [6.45, 7) is 3.11. The first kappa shape index (κ1) is 12.5. The van der Waals surface area contributed by atoms with Crippen molar-refractivity contribution in [3.63, 3.8) is 0 Å². The lowest BCUT2D eigenvalue weighted by Crippen LogP contribution is -2.01. The van der Waals surface area contributed by atoms with Crippen molar-refractivity contribution in [3.05, 3.63) is 34.4 Å². The van der Waals surface area contributed by atoms with E-state index in [9.17, 15) is 10.1 Å². The molecule has 0 heterocycles. The molecular formula is C12H18N2O2. The molecule has 0 unspecified atom stereocenters. The van der Waals surface area contributed by atoms with Crippen molar-refractivity contribution in [3.8, 4) is 0 Å². The first-order chi connectivity index (χ1) is 7.74. The van der Waals surface area contributed by atoms with Gasteiger partial charge in [-0.15, -0.1) is 0 Å². The molecule has 0 aliphatic rings. The van der Waals surface area contributed by atoms with Crippen LogP contribution in [0.1, 0.15) is 32.6 Å². The number of nitro benzene ring substituents is 1. The van der Waals surface area contributed by atoms with Gasteiger partial charge in [0.1, 0.15) is 0 Å². The molecule has 0 bridgehead atoms. The van der Waals surface area contributed by atoms with Gasteiger partial charge in [0.2, 0.25) is 0 Å². The maximum Gasteiger partial charge on any atom is 0.269 e. The number of non-ortho nitro benzene ring substituents is 1. The largest absolute Gasteiger partial charge is 0.385 e. The first-order valence-electron chi connectivity index (χ1n) is 5.72. The molecule has 4 heteroatoms. The summed E-state index contributed by atoms with van der Waals surface area (Å²) < 4.78 is 0. The average molecular weight is 222 g/mol. The molecule has 1 aromatic rings. The number of nitrogens with zero attached hydrogens (tertiary/aromatic N) is 1. The van der Waals surface area contributed by atoms with E-state index in [2.05, 4.69) is 12.2 Å². The molecule has 0 aromatic heterocycles. The summed E-state index contributed by atoms with van der Waals surface area (Å²) in [5, 5.41) is 13.7. The van der Waals surface area contributed by atoms with Crippen molar-refractivity contribution in [1.29, 1.82) is 0 Å². The van der Waals surface area contributed by atoms with Gasteiger partial charge in [0, 0.05) is 24.4 Å². The molecule has 16 heavy (non-hydrogen) atoms. The number of hydrogen-bond donors (Lipinski definition) is 1. The van der Waals surface area contributed by atoms with Gasteiger partial charge in [-0.2, -0.15) is 0 Å². The monoisotopic (exact) mass is 222 g/mol. The van der Waals surface area contributed by atoms with Crippen LogP contribution in [0.2, 0.25) is 0 Å². The SMILES string of the molecule is CCCCCCNc1ccc([N+](=O)[O-])cc1. The molecule has 0 spiro atoms. The Kier molecular flexibility index (Phi) is 5.32. The fourth-order valence-electron chi connectivity index (χ4n) is 1.49. The third-order valence-corrected chi connectivity index (χ3v) is 2.44. The van der Waals surface area contributed by atoms with E-state index in [1.54, 1.807) is 12.1 Å². The summed E-state index contributed by atoms with van der Waals surface area (Å²) >= 11 is 0. The molecular weight excluding hydrogens is 204 g/mol. The van der Waals surface area contributed by atoms with Crippen LogP contribution in [0.15, 0.2) is 24.3 Å². The summed E-state index contributed by atoms with van der Waals surface area (Å²) in [7, 11) is 0. The Hall–Kier alpha value is -1.58. The van der Waals surface area contributed by atoms with E-state index in [0.717, 1.165) is 18.7 Å². The van der Waals surface area contributed by atoms with Gasteiger partial charge in [0.05, 0.1) is 4.92 Å². The molecule has 0 aliphatic heterocycles. The highest BCUT2D eigenvalue weighted by molar-refractivity contribution is 5.48. The van der Waals surface area contributed by atoms with Crippen LogP contribution in [-0.4, -0.2) is 11.5 Å². The number of nitrogens with one attached hydrogen (secondary N) is 1. The first-order valence-corrected chi connectivity index (χ1v) is 5.72. The topological polar surface area (TPSA) is 55.2 Å². The van der Waals surface area contributed by atoms with Gasteiger partial charge in [0.15, 0.2) is 0 Å². The third-order valence-electron chi connectivity index (χ3n) is 2.44. The van der Waals surface area contributed by atoms with Crippen molar-refractivity contribution >= 4 is 11.4 Å². The number of benzene rings is 1. The van der Waals surface area contributed by atoms with Crippen LogP contribution in [0, 0.1) is 10.1 Å². The predicted octanol–water partition coefficient (Wildman–Crippen LogP) is 3.59. The maximum atomic E-state index is 10.4. The molecule has 0 atom stereocenters. The second kappa shape index (κ2) is 6.82. The van der Waals surface area contributed by atoms with E-state index in [1.807, 2.05) is 0 Å². The Balaban J connectivity index is 2.29. The Labute approximate surface area is 95.8 Å². The molecule has 88 valence electrons. The van der Waals surface area contributed by atoms with E-state index in [-0.39, 0.29) is 10.6 Å². The molecule has 1 rings (SSSR count). The van der Waals surface area contributed by atoms with Crippen LogP contribution in [0.5, 0.6) is 0 Å². The number of hydrogen-bond acceptors (Lipinski definition) is 3. The quantitative estimate of drug-likeness (QED) is 0.435.